The molecule has 0 saturated heterocycles. The third kappa shape index (κ3) is 2.68. The first kappa shape index (κ1) is 21.2. The highest BCUT2D eigenvalue weighted by molar-refractivity contribution is 5.92. The first-order valence-corrected chi connectivity index (χ1v) is 11.0. The summed E-state index contributed by atoms with van der Waals surface area (Å²) >= 11 is 0. The number of ketones is 2. The van der Waals surface area contributed by atoms with E-state index < -0.39 is 29.5 Å². The molecule has 0 amide bonds. The molecule has 4 aliphatic carbocycles. The van der Waals surface area contributed by atoms with Crippen molar-refractivity contribution in [1.82, 2.24) is 0 Å². The van der Waals surface area contributed by atoms with Crippen LogP contribution in [-0.2, 0) is 9.59 Å². The van der Waals surface area contributed by atoms with Crippen LogP contribution in [0.25, 0.3) is 0 Å². The van der Waals surface area contributed by atoms with Crippen LogP contribution in [0.5, 0.6) is 0 Å². The normalized spacial score (nSPS) is 49.1. The molecular formula is C23H34O6. The van der Waals surface area contributed by atoms with E-state index in [1.54, 1.807) is 6.08 Å². The summed E-state index contributed by atoms with van der Waals surface area (Å²) in [5.74, 6) is -0.281. The van der Waals surface area contributed by atoms with Crippen molar-refractivity contribution in [1.29, 1.82) is 0 Å². The van der Waals surface area contributed by atoms with Crippen molar-refractivity contribution in [3.05, 3.63) is 11.6 Å². The summed E-state index contributed by atoms with van der Waals surface area (Å²) < 4.78 is 0. The topological polar surface area (TPSA) is 115 Å². The molecule has 6 heteroatoms. The van der Waals surface area contributed by atoms with Gasteiger partial charge in [0.05, 0.1) is 6.10 Å². The van der Waals surface area contributed by atoms with Gasteiger partial charge >= 0.3 is 0 Å². The molecule has 162 valence electrons. The number of carbonyl (C=O) groups excluding carboxylic acids is 2. The molecule has 0 aromatic rings. The maximum absolute atomic E-state index is 12.5. The molecule has 0 radical (unpaired) electrons. The Bertz CT molecular complexity index is 746. The van der Waals surface area contributed by atoms with E-state index >= 15 is 0 Å². The lowest BCUT2D eigenvalue weighted by Crippen LogP contribution is -2.63. The maximum atomic E-state index is 12.5. The van der Waals surface area contributed by atoms with Gasteiger partial charge in [0.2, 0.25) is 0 Å². The van der Waals surface area contributed by atoms with Crippen LogP contribution in [0, 0.1) is 34.5 Å². The Morgan fingerprint density at radius 1 is 1.24 bits per heavy atom. The van der Waals surface area contributed by atoms with Gasteiger partial charge in [-0.3, -0.25) is 9.59 Å². The van der Waals surface area contributed by atoms with E-state index in [1.807, 2.05) is 6.92 Å². The number of carbonyl (C=O) groups is 2. The van der Waals surface area contributed by atoms with Gasteiger partial charge in [-0.25, -0.2) is 0 Å². The maximum Gasteiger partial charge on any atom is 0.190 e. The van der Waals surface area contributed by atoms with Crippen molar-refractivity contribution in [3.63, 3.8) is 0 Å². The molecule has 6 nitrogen and oxygen atoms in total. The Morgan fingerprint density at radius 3 is 2.62 bits per heavy atom. The number of aliphatic hydroxyl groups excluding tert-OH is 3. The van der Waals surface area contributed by atoms with Gasteiger partial charge in [-0.1, -0.05) is 19.4 Å². The molecule has 0 bridgehead atoms. The SMILES string of the molecule is C[C@]12C[C@H](O)[C@H]3[C@@H](CCC4=CC(=O)CC(CCO)[C@@]43C)[C@@H]1CC[C@]2(O)C(=O)CO. The second kappa shape index (κ2) is 6.98. The summed E-state index contributed by atoms with van der Waals surface area (Å²) in [4.78, 5) is 24.8. The van der Waals surface area contributed by atoms with Crippen molar-refractivity contribution in [2.24, 2.45) is 34.5 Å². The standard InChI is InChI=1S/C23H34O6/c1-21-11-18(27)20-16(17(21)5-7-23(21,29)19(28)12-25)4-3-13-9-15(26)10-14(6-8-24)22(13,20)2/h9,14,16-18,20,24-25,27,29H,3-8,10-12H2,1-2H3/t14?,16-,17-,18-,20+,21-,22+,23-/m0/s1. The first-order valence-electron chi connectivity index (χ1n) is 11.0. The fraction of sp³-hybridized carbons (Fsp3) is 0.826. The Morgan fingerprint density at radius 2 is 1.97 bits per heavy atom. The van der Waals surface area contributed by atoms with Crippen molar-refractivity contribution < 1.29 is 30.0 Å². The van der Waals surface area contributed by atoms with Crippen molar-refractivity contribution in [3.8, 4) is 0 Å². The van der Waals surface area contributed by atoms with E-state index in [1.165, 1.54) is 0 Å². The molecule has 1 unspecified atom stereocenters. The number of rotatable bonds is 4. The molecule has 0 spiro atoms. The highest BCUT2D eigenvalue weighted by Gasteiger charge is 2.68. The minimum Gasteiger partial charge on any atom is -0.396 e. The number of Topliss-reactive ketones (excluding diaryl/α,β-unsaturated/α-hetero) is 1. The molecule has 4 aliphatic rings. The minimum absolute atomic E-state index is 0.00818. The zero-order valence-corrected chi connectivity index (χ0v) is 17.4. The highest BCUT2D eigenvalue weighted by atomic mass is 16.3. The Kier molecular flexibility index (Phi) is 5.09. The summed E-state index contributed by atoms with van der Waals surface area (Å²) in [6.07, 6.45) is 4.92. The fourth-order valence-corrected chi connectivity index (χ4v) is 8.03. The van der Waals surface area contributed by atoms with Crippen LogP contribution in [0.15, 0.2) is 11.6 Å². The number of hydrogen-bond acceptors (Lipinski definition) is 6. The summed E-state index contributed by atoms with van der Waals surface area (Å²) in [7, 11) is 0. The Labute approximate surface area is 172 Å². The molecule has 0 aromatic heterocycles. The first-order chi connectivity index (χ1) is 13.6. The van der Waals surface area contributed by atoms with Crippen LogP contribution in [0.3, 0.4) is 0 Å². The predicted octanol–water partition coefficient (Wildman–Crippen LogP) is 1.39. The molecule has 4 rings (SSSR count). The lowest BCUT2D eigenvalue weighted by molar-refractivity contribution is -0.186. The fourth-order valence-electron chi connectivity index (χ4n) is 8.03. The molecule has 0 aliphatic heterocycles. The van der Waals surface area contributed by atoms with Crippen molar-refractivity contribution >= 4 is 11.6 Å². The minimum atomic E-state index is -1.59. The van der Waals surface area contributed by atoms with E-state index in [2.05, 4.69) is 6.92 Å². The zero-order valence-electron chi connectivity index (χ0n) is 17.4. The predicted molar refractivity (Wildman–Crippen MR) is 106 cm³/mol. The monoisotopic (exact) mass is 406 g/mol. The van der Waals surface area contributed by atoms with E-state index in [-0.39, 0.29) is 41.5 Å². The quantitative estimate of drug-likeness (QED) is 0.561. The molecule has 3 fully saturated rings. The summed E-state index contributed by atoms with van der Waals surface area (Å²) in [6, 6.07) is 0. The second-order valence-corrected chi connectivity index (χ2v) is 10.3. The van der Waals surface area contributed by atoms with Gasteiger partial charge in [0, 0.05) is 18.4 Å². The number of hydrogen-bond donors (Lipinski definition) is 4. The molecule has 29 heavy (non-hydrogen) atoms. The smallest absolute Gasteiger partial charge is 0.190 e. The average molecular weight is 407 g/mol. The van der Waals surface area contributed by atoms with Gasteiger partial charge in [-0.15, -0.1) is 0 Å². The van der Waals surface area contributed by atoms with Crippen LogP contribution in [0.1, 0.15) is 58.8 Å². The number of fused-ring (bicyclic) bond motifs is 5. The molecule has 8 atom stereocenters. The summed E-state index contributed by atoms with van der Waals surface area (Å²) in [5.41, 5.74) is -1.62. The van der Waals surface area contributed by atoms with Crippen LogP contribution >= 0.6 is 0 Å². The van der Waals surface area contributed by atoms with Crippen LogP contribution in [0.2, 0.25) is 0 Å². The van der Waals surface area contributed by atoms with Gasteiger partial charge < -0.3 is 20.4 Å². The van der Waals surface area contributed by atoms with Gasteiger partial charge in [-0.05, 0) is 73.7 Å². The molecule has 0 heterocycles. The zero-order chi connectivity index (χ0) is 21.2. The number of aliphatic hydroxyl groups is 4. The van der Waals surface area contributed by atoms with E-state index in [9.17, 15) is 30.0 Å². The lowest BCUT2D eigenvalue weighted by Gasteiger charge is -2.62. The van der Waals surface area contributed by atoms with Crippen molar-refractivity contribution in [2.45, 2.75) is 70.5 Å². The molecular weight excluding hydrogens is 372 g/mol. The summed E-state index contributed by atoms with van der Waals surface area (Å²) in [6.45, 7) is 3.38. The molecule has 4 N–H and O–H groups in total. The Hall–Kier alpha value is -1.08. The molecule has 0 aromatic carbocycles. The lowest BCUT2D eigenvalue weighted by atomic mass is 9.43. The van der Waals surface area contributed by atoms with Gasteiger partial charge in [0.1, 0.15) is 12.2 Å². The largest absolute Gasteiger partial charge is 0.396 e. The van der Waals surface area contributed by atoms with E-state index in [4.69, 9.17) is 0 Å². The Balaban J connectivity index is 1.76. The van der Waals surface area contributed by atoms with Gasteiger partial charge in [0.25, 0.3) is 0 Å². The number of allylic oxidation sites excluding steroid dienone is 1. The average Bonchev–Trinajstić information content (AvgIpc) is 2.94. The summed E-state index contributed by atoms with van der Waals surface area (Å²) in [5, 5.41) is 41.8. The van der Waals surface area contributed by atoms with Crippen molar-refractivity contribution in [2.75, 3.05) is 13.2 Å². The van der Waals surface area contributed by atoms with Crippen LogP contribution < -0.4 is 0 Å². The van der Waals surface area contributed by atoms with E-state index in [0.717, 1.165) is 18.4 Å². The van der Waals surface area contributed by atoms with Crippen LogP contribution in [-0.4, -0.2) is 56.9 Å². The second-order valence-electron chi connectivity index (χ2n) is 10.3. The van der Waals surface area contributed by atoms with Crippen LogP contribution in [0.4, 0.5) is 0 Å². The van der Waals surface area contributed by atoms with Gasteiger partial charge in [0.15, 0.2) is 11.6 Å². The highest BCUT2D eigenvalue weighted by Crippen LogP contribution is 2.68. The molecule has 3 saturated carbocycles. The van der Waals surface area contributed by atoms with Gasteiger partial charge in [-0.2, -0.15) is 0 Å². The van der Waals surface area contributed by atoms with E-state index in [0.29, 0.717) is 32.1 Å². The third-order valence-corrected chi connectivity index (χ3v) is 9.45. The third-order valence-electron chi connectivity index (χ3n) is 9.45.